The van der Waals surface area contributed by atoms with Gasteiger partial charge in [-0.3, -0.25) is 14.5 Å². The minimum Gasteiger partial charge on any atom is -0.357 e. The van der Waals surface area contributed by atoms with Gasteiger partial charge < -0.3 is 15.5 Å². The Bertz CT molecular complexity index is 1500. The minimum absolute atomic E-state index is 0.0670. The van der Waals surface area contributed by atoms with Gasteiger partial charge in [-0.1, -0.05) is 44.2 Å². The Kier molecular flexibility index (Phi) is 8.06. The maximum absolute atomic E-state index is 13.4. The molecule has 10 heteroatoms. The van der Waals surface area contributed by atoms with E-state index in [2.05, 4.69) is 41.4 Å². The Morgan fingerprint density at radius 3 is 2.52 bits per heavy atom. The van der Waals surface area contributed by atoms with Gasteiger partial charge in [0, 0.05) is 43.5 Å². The lowest BCUT2D eigenvalue weighted by Crippen LogP contribution is -2.56. The summed E-state index contributed by atoms with van der Waals surface area (Å²) in [4.78, 5) is 39.9. The van der Waals surface area contributed by atoms with Crippen LogP contribution in [0.4, 0.5) is 5.82 Å². The second-order valence-electron chi connectivity index (χ2n) is 10.00. The Hall–Kier alpha value is -4.31. The first kappa shape index (κ1) is 27.3. The van der Waals surface area contributed by atoms with Crippen LogP contribution in [0.15, 0.2) is 60.9 Å². The number of hydrogen-bond donors (Lipinski definition) is 2. The molecule has 0 aliphatic carbocycles. The molecule has 1 aromatic carbocycles. The zero-order valence-corrected chi connectivity index (χ0v) is 23.5. The van der Waals surface area contributed by atoms with Gasteiger partial charge in [0.1, 0.15) is 11.9 Å². The van der Waals surface area contributed by atoms with Crippen molar-refractivity contribution in [2.75, 3.05) is 38.1 Å². The van der Waals surface area contributed by atoms with Crippen LogP contribution in [0.1, 0.15) is 37.6 Å². The molecule has 0 unspecified atom stereocenters. The third kappa shape index (κ3) is 5.40. The monoisotopic (exact) mass is 540 g/mol. The number of benzene rings is 1. The summed E-state index contributed by atoms with van der Waals surface area (Å²) < 4.78 is 1.71. The van der Waals surface area contributed by atoms with Crippen LogP contribution in [0.3, 0.4) is 0 Å². The van der Waals surface area contributed by atoms with Crippen molar-refractivity contribution in [3.63, 3.8) is 0 Å². The van der Waals surface area contributed by atoms with Crippen LogP contribution in [-0.4, -0.2) is 81.6 Å². The fourth-order valence-corrected chi connectivity index (χ4v) is 5.17. The average molecular weight is 541 g/mol. The molecule has 208 valence electrons. The molecule has 1 fully saturated rings. The molecule has 2 N–H and O–H groups in total. The summed E-state index contributed by atoms with van der Waals surface area (Å²) in [6, 6.07) is 15.3. The van der Waals surface area contributed by atoms with Crippen molar-refractivity contribution in [2.45, 2.75) is 39.3 Å². The van der Waals surface area contributed by atoms with Crippen molar-refractivity contribution < 1.29 is 9.59 Å². The molecule has 10 nitrogen and oxygen atoms in total. The predicted molar refractivity (Wildman–Crippen MR) is 156 cm³/mol. The van der Waals surface area contributed by atoms with Gasteiger partial charge in [-0.15, -0.1) is 0 Å². The molecule has 0 bridgehead atoms. The van der Waals surface area contributed by atoms with E-state index < -0.39 is 0 Å². The number of nitrogens with zero attached hydrogens (tertiary/aromatic N) is 6. The number of hydrogen-bond acceptors (Lipinski definition) is 7. The number of nitrogens with one attached hydrogen (secondary N) is 2. The van der Waals surface area contributed by atoms with E-state index in [1.165, 1.54) is 0 Å². The van der Waals surface area contributed by atoms with E-state index in [4.69, 9.17) is 9.97 Å². The molecule has 0 saturated carbocycles. The summed E-state index contributed by atoms with van der Waals surface area (Å²) >= 11 is 0. The fraction of sp³-hybridized carbons (Fsp3) is 0.367. The first-order chi connectivity index (χ1) is 19.4. The number of carbonyl (C=O) groups excluding carboxylic acids is 2. The smallest absolute Gasteiger partial charge is 0.251 e. The highest BCUT2D eigenvalue weighted by Crippen LogP contribution is 2.31. The Balaban J connectivity index is 1.53. The molecule has 5 rings (SSSR count). The molecule has 1 saturated heterocycles. The SMILES string of the molecule is CCN(CC)[C@@H](C)CNC(=O)c1cc(-c2cnn3ccc(-c4ccccc4)nc23)nc(N2CC[C@H]2C(=O)NC)c1. The second kappa shape index (κ2) is 11.8. The molecule has 1 aliphatic heterocycles. The van der Waals surface area contributed by atoms with Crippen molar-refractivity contribution in [1.82, 2.24) is 35.1 Å². The maximum atomic E-state index is 13.4. The zero-order chi connectivity index (χ0) is 28.2. The van der Waals surface area contributed by atoms with Crippen molar-refractivity contribution in [3.8, 4) is 22.5 Å². The number of carbonyl (C=O) groups is 2. The summed E-state index contributed by atoms with van der Waals surface area (Å²) in [5.41, 5.74) is 4.22. The van der Waals surface area contributed by atoms with Crippen molar-refractivity contribution in [1.29, 1.82) is 0 Å². The normalized spacial score (nSPS) is 15.6. The van der Waals surface area contributed by atoms with Gasteiger partial charge in [-0.05, 0) is 44.6 Å². The zero-order valence-electron chi connectivity index (χ0n) is 23.5. The highest BCUT2D eigenvalue weighted by molar-refractivity contribution is 5.97. The topological polar surface area (TPSA) is 108 Å². The lowest BCUT2D eigenvalue weighted by atomic mass is 10.0. The van der Waals surface area contributed by atoms with Crippen LogP contribution in [-0.2, 0) is 4.79 Å². The minimum atomic E-state index is -0.321. The summed E-state index contributed by atoms with van der Waals surface area (Å²) in [7, 11) is 1.63. The van der Waals surface area contributed by atoms with Crippen LogP contribution in [0.25, 0.3) is 28.2 Å². The predicted octanol–water partition coefficient (Wildman–Crippen LogP) is 3.24. The molecule has 0 spiro atoms. The first-order valence-electron chi connectivity index (χ1n) is 13.9. The van der Waals surface area contributed by atoms with Crippen molar-refractivity contribution >= 4 is 23.3 Å². The number of likely N-dealkylation sites (N-methyl/N-ethyl adjacent to an activating group) is 2. The van der Waals surface area contributed by atoms with E-state index >= 15 is 0 Å². The standard InChI is InChI=1S/C30H36N8O2/c1-5-36(6-2)20(3)18-32-29(39)22-16-25(34-27(17-22)37-14-13-26(37)30(40)31-4)23-19-33-38-15-12-24(35-28(23)38)21-10-8-7-9-11-21/h7-12,15-17,19-20,26H,5-6,13-14,18H2,1-4H3,(H,31,40)(H,32,39)/t20-,26-/m0/s1. The van der Waals surface area contributed by atoms with E-state index in [1.807, 2.05) is 47.5 Å². The second-order valence-corrected chi connectivity index (χ2v) is 10.00. The number of pyridine rings is 1. The number of fused-ring (bicyclic) bond motifs is 1. The van der Waals surface area contributed by atoms with Gasteiger partial charge in [0.25, 0.3) is 5.91 Å². The van der Waals surface area contributed by atoms with Gasteiger partial charge in [-0.2, -0.15) is 5.10 Å². The lowest BCUT2D eigenvalue weighted by Gasteiger charge is -2.40. The lowest BCUT2D eigenvalue weighted by molar-refractivity contribution is -0.123. The van der Waals surface area contributed by atoms with E-state index in [0.29, 0.717) is 41.4 Å². The Morgan fingerprint density at radius 1 is 1.07 bits per heavy atom. The van der Waals surface area contributed by atoms with E-state index in [-0.39, 0.29) is 23.9 Å². The number of amides is 2. The molecular weight excluding hydrogens is 504 g/mol. The highest BCUT2D eigenvalue weighted by Gasteiger charge is 2.35. The molecule has 4 heterocycles. The summed E-state index contributed by atoms with van der Waals surface area (Å²) in [6.45, 7) is 9.38. The quantitative estimate of drug-likeness (QED) is 0.318. The van der Waals surface area contributed by atoms with Crippen molar-refractivity contribution in [2.24, 2.45) is 0 Å². The summed E-state index contributed by atoms with van der Waals surface area (Å²) in [6.07, 6.45) is 4.32. The molecule has 2 atom stereocenters. The first-order valence-corrected chi connectivity index (χ1v) is 13.9. The fourth-order valence-electron chi connectivity index (χ4n) is 5.17. The van der Waals surface area contributed by atoms with Crippen LogP contribution < -0.4 is 15.5 Å². The summed E-state index contributed by atoms with van der Waals surface area (Å²) in [5, 5.41) is 10.3. The van der Waals surface area contributed by atoms with Gasteiger partial charge in [0.15, 0.2) is 5.65 Å². The van der Waals surface area contributed by atoms with E-state index in [9.17, 15) is 9.59 Å². The highest BCUT2D eigenvalue weighted by atomic mass is 16.2. The average Bonchev–Trinajstić information content (AvgIpc) is 3.39. The van der Waals surface area contributed by atoms with Gasteiger partial charge in [0.2, 0.25) is 5.91 Å². The number of rotatable bonds is 10. The molecule has 2 amide bonds. The molecule has 40 heavy (non-hydrogen) atoms. The number of aromatic nitrogens is 4. The van der Waals surface area contributed by atoms with Crippen LogP contribution in [0, 0.1) is 0 Å². The number of anilines is 1. The Labute approximate surface area is 234 Å². The van der Waals surface area contributed by atoms with Crippen LogP contribution >= 0.6 is 0 Å². The Morgan fingerprint density at radius 2 is 1.85 bits per heavy atom. The van der Waals surface area contributed by atoms with E-state index in [1.54, 1.807) is 29.9 Å². The molecular formula is C30H36N8O2. The summed E-state index contributed by atoms with van der Waals surface area (Å²) in [5.74, 6) is 0.329. The third-order valence-corrected chi connectivity index (χ3v) is 7.65. The van der Waals surface area contributed by atoms with E-state index in [0.717, 1.165) is 30.8 Å². The van der Waals surface area contributed by atoms with Gasteiger partial charge in [-0.25, -0.2) is 14.5 Å². The molecule has 0 radical (unpaired) electrons. The van der Waals surface area contributed by atoms with Crippen molar-refractivity contribution in [3.05, 3.63) is 66.5 Å². The molecule has 4 aromatic rings. The van der Waals surface area contributed by atoms with Gasteiger partial charge in [0.05, 0.1) is 23.1 Å². The molecule has 1 aliphatic rings. The van der Waals surface area contributed by atoms with Crippen LogP contribution in [0.2, 0.25) is 0 Å². The molecule has 3 aromatic heterocycles. The maximum Gasteiger partial charge on any atom is 0.251 e. The largest absolute Gasteiger partial charge is 0.357 e. The third-order valence-electron chi connectivity index (χ3n) is 7.65. The van der Waals surface area contributed by atoms with Gasteiger partial charge >= 0.3 is 0 Å². The van der Waals surface area contributed by atoms with Crippen LogP contribution in [0.5, 0.6) is 0 Å².